The molecule has 2 aromatic rings. The van der Waals surface area contributed by atoms with Crippen LogP contribution in [-0.4, -0.2) is 46.2 Å². The van der Waals surface area contributed by atoms with Crippen LogP contribution in [0.1, 0.15) is 17.2 Å². The molecule has 26 heavy (non-hydrogen) atoms. The van der Waals surface area contributed by atoms with Crippen molar-refractivity contribution in [3.05, 3.63) is 65.5 Å². The Morgan fingerprint density at radius 2 is 1.85 bits per heavy atom. The largest absolute Gasteiger partial charge is 0.379 e. The third-order valence-corrected chi connectivity index (χ3v) is 5.94. The standard InChI is InChI=1S/C19H23FN2O3S/c1-15-3-2-4-16(13-15)19(22-9-11-25-12-10-22)14-21-26(23,24)18-7-5-17(20)6-8-18/h2-8,13,19,21H,9-12,14H2,1H3. The van der Waals surface area contributed by atoms with Gasteiger partial charge in [0.1, 0.15) is 5.82 Å². The normalized spacial score (nSPS) is 17.2. The number of ether oxygens (including phenoxy) is 1. The van der Waals surface area contributed by atoms with Crippen LogP contribution in [0.3, 0.4) is 0 Å². The van der Waals surface area contributed by atoms with Crippen molar-refractivity contribution in [2.24, 2.45) is 0 Å². The van der Waals surface area contributed by atoms with Gasteiger partial charge >= 0.3 is 0 Å². The highest BCUT2D eigenvalue weighted by molar-refractivity contribution is 7.89. The zero-order valence-corrected chi connectivity index (χ0v) is 15.5. The van der Waals surface area contributed by atoms with Crippen LogP contribution >= 0.6 is 0 Å². The van der Waals surface area contributed by atoms with Crippen molar-refractivity contribution in [2.45, 2.75) is 17.9 Å². The maximum Gasteiger partial charge on any atom is 0.240 e. The molecule has 1 atom stereocenters. The quantitative estimate of drug-likeness (QED) is 0.839. The van der Waals surface area contributed by atoms with Crippen molar-refractivity contribution >= 4 is 10.0 Å². The topological polar surface area (TPSA) is 58.6 Å². The fraction of sp³-hybridized carbons (Fsp3) is 0.368. The lowest BCUT2D eigenvalue weighted by molar-refractivity contribution is 0.0172. The Bertz CT molecular complexity index is 834. The van der Waals surface area contributed by atoms with E-state index in [1.807, 2.05) is 25.1 Å². The third-order valence-electron chi connectivity index (χ3n) is 4.50. The lowest BCUT2D eigenvalue weighted by Gasteiger charge is -2.35. The second-order valence-electron chi connectivity index (χ2n) is 6.38. The zero-order valence-electron chi connectivity index (χ0n) is 14.7. The second-order valence-corrected chi connectivity index (χ2v) is 8.15. The molecule has 0 saturated carbocycles. The van der Waals surface area contributed by atoms with Crippen molar-refractivity contribution in [3.8, 4) is 0 Å². The Labute approximate surface area is 153 Å². The number of hydrogen-bond donors (Lipinski definition) is 1. The van der Waals surface area contributed by atoms with Gasteiger partial charge in [0.25, 0.3) is 0 Å². The number of morpholine rings is 1. The number of hydrogen-bond acceptors (Lipinski definition) is 4. The Balaban J connectivity index is 1.80. The molecule has 0 radical (unpaired) electrons. The SMILES string of the molecule is Cc1cccc(C(CNS(=O)(=O)c2ccc(F)cc2)N2CCOCC2)c1. The van der Waals surface area contributed by atoms with E-state index in [2.05, 4.69) is 15.7 Å². The van der Waals surface area contributed by atoms with Crippen molar-refractivity contribution in [1.82, 2.24) is 9.62 Å². The molecular formula is C19H23FN2O3S. The monoisotopic (exact) mass is 378 g/mol. The minimum absolute atomic E-state index is 0.0591. The summed E-state index contributed by atoms with van der Waals surface area (Å²) in [6.45, 7) is 5.01. The van der Waals surface area contributed by atoms with Gasteiger partial charge in [-0.2, -0.15) is 0 Å². The number of nitrogens with one attached hydrogen (secondary N) is 1. The highest BCUT2D eigenvalue weighted by Gasteiger charge is 2.25. The maximum absolute atomic E-state index is 13.1. The minimum Gasteiger partial charge on any atom is -0.379 e. The summed E-state index contributed by atoms with van der Waals surface area (Å²) in [6.07, 6.45) is 0. The highest BCUT2D eigenvalue weighted by atomic mass is 32.2. The van der Waals surface area contributed by atoms with Crippen LogP contribution in [0.5, 0.6) is 0 Å². The average Bonchev–Trinajstić information content (AvgIpc) is 2.63. The fourth-order valence-electron chi connectivity index (χ4n) is 3.11. The van der Waals surface area contributed by atoms with Gasteiger partial charge in [0.15, 0.2) is 0 Å². The number of sulfonamides is 1. The van der Waals surface area contributed by atoms with E-state index in [4.69, 9.17) is 4.74 Å². The molecule has 0 spiro atoms. The first kappa shape index (κ1) is 19.0. The zero-order chi connectivity index (χ0) is 18.6. The van der Waals surface area contributed by atoms with Crippen LogP contribution in [0.15, 0.2) is 53.4 Å². The van der Waals surface area contributed by atoms with Crippen molar-refractivity contribution in [3.63, 3.8) is 0 Å². The average molecular weight is 378 g/mol. The molecule has 0 bridgehead atoms. The molecule has 1 aliphatic rings. The van der Waals surface area contributed by atoms with Gasteiger partial charge in [-0.15, -0.1) is 0 Å². The van der Waals surface area contributed by atoms with Gasteiger partial charge < -0.3 is 4.74 Å². The van der Waals surface area contributed by atoms with Crippen molar-refractivity contribution in [2.75, 3.05) is 32.8 Å². The van der Waals surface area contributed by atoms with E-state index in [0.29, 0.717) is 13.2 Å². The molecule has 1 unspecified atom stereocenters. The van der Waals surface area contributed by atoms with Gasteiger partial charge in [0, 0.05) is 25.7 Å². The van der Waals surface area contributed by atoms with E-state index in [9.17, 15) is 12.8 Å². The van der Waals surface area contributed by atoms with Crippen LogP contribution in [0.4, 0.5) is 4.39 Å². The van der Waals surface area contributed by atoms with E-state index in [1.165, 1.54) is 12.1 Å². The molecule has 5 nitrogen and oxygen atoms in total. The van der Waals surface area contributed by atoms with Gasteiger partial charge in [-0.05, 0) is 36.8 Å². The van der Waals surface area contributed by atoms with E-state index in [0.717, 1.165) is 36.3 Å². The molecule has 1 fully saturated rings. The molecule has 1 heterocycles. The summed E-state index contributed by atoms with van der Waals surface area (Å²) in [4.78, 5) is 2.29. The minimum atomic E-state index is -3.70. The van der Waals surface area contributed by atoms with Gasteiger partial charge in [-0.25, -0.2) is 17.5 Å². The Hall–Kier alpha value is -1.80. The highest BCUT2D eigenvalue weighted by Crippen LogP contribution is 2.23. The summed E-state index contributed by atoms with van der Waals surface area (Å²) >= 11 is 0. The summed E-state index contributed by atoms with van der Waals surface area (Å²) < 4.78 is 46.3. The van der Waals surface area contributed by atoms with Gasteiger partial charge in [-0.3, -0.25) is 4.90 Å². The van der Waals surface area contributed by atoms with Crippen LogP contribution in [0.25, 0.3) is 0 Å². The predicted molar refractivity (Wildman–Crippen MR) is 97.9 cm³/mol. The molecule has 0 aliphatic carbocycles. The predicted octanol–water partition coefficient (Wildman–Crippen LogP) is 2.49. The third kappa shape index (κ3) is 4.67. The number of aryl methyl sites for hydroxylation is 1. The maximum atomic E-state index is 13.1. The molecule has 0 amide bonds. The van der Waals surface area contributed by atoms with Crippen LogP contribution in [-0.2, 0) is 14.8 Å². The molecule has 1 N–H and O–H groups in total. The van der Waals surface area contributed by atoms with Crippen molar-refractivity contribution < 1.29 is 17.5 Å². The number of nitrogens with zero attached hydrogens (tertiary/aromatic N) is 1. The summed E-state index contributed by atoms with van der Waals surface area (Å²) in [5.74, 6) is -0.463. The molecule has 0 aromatic heterocycles. The molecule has 1 saturated heterocycles. The summed E-state index contributed by atoms with van der Waals surface area (Å²) in [5.41, 5.74) is 2.19. The van der Waals surface area contributed by atoms with Gasteiger partial charge in [-0.1, -0.05) is 29.8 Å². The molecule has 140 valence electrons. The first-order valence-electron chi connectivity index (χ1n) is 8.59. The Morgan fingerprint density at radius 3 is 2.50 bits per heavy atom. The smallest absolute Gasteiger partial charge is 0.240 e. The van der Waals surface area contributed by atoms with Gasteiger partial charge in [0.2, 0.25) is 10.0 Å². The summed E-state index contributed by atoms with van der Waals surface area (Å²) in [6, 6.07) is 12.8. The summed E-state index contributed by atoms with van der Waals surface area (Å²) in [5, 5.41) is 0. The number of rotatable bonds is 6. The van der Waals surface area contributed by atoms with Crippen LogP contribution in [0.2, 0.25) is 0 Å². The van der Waals surface area contributed by atoms with E-state index >= 15 is 0 Å². The number of benzene rings is 2. The Morgan fingerprint density at radius 1 is 1.15 bits per heavy atom. The van der Waals surface area contributed by atoms with Crippen LogP contribution < -0.4 is 4.72 Å². The van der Waals surface area contributed by atoms with Gasteiger partial charge in [0.05, 0.1) is 18.1 Å². The first-order valence-corrected chi connectivity index (χ1v) is 10.1. The van der Waals surface area contributed by atoms with E-state index in [-0.39, 0.29) is 17.5 Å². The lowest BCUT2D eigenvalue weighted by atomic mass is 10.0. The fourth-order valence-corrected chi connectivity index (χ4v) is 4.15. The molecule has 1 aliphatic heterocycles. The molecular weight excluding hydrogens is 355 g/mol. The van der Waals surface area contributed by atoms with Crippen molar-refractivity contribution in [1.29, 1.82) is 0 Å². The van der Waals surface area contributed by atoms with E-state index in [1.54, 1.807) is 0 Å². The van der Waals surface area contributed by atoms with E-state index < -0.39 is 15.8 Å². The second kappa shape index (κ2) is 8.26. The molecule has 3 rings (SSSR count). The Kier molecular flexibility index (Phi) is 6.03. The molecule has 7 heteroatoms. The summed E-state index contributed by atoms with van der Waals surface area (Å²) in [7, 11) is -3.70. The first-order chi connectivity index (χ1) is 12.5. The lowest BCUT2D eigenvalue weighted by Crippen LogP contribution is -2.43. The van der Waals surface area contributed by atoms with Crippen LogP contribution in [0, 0.1) is 12.7 Å². The number of halogens is 1. The molecule has 2 aromatic carbocycles.